The van der Waals surface area contributed by atoms with Crippen LogP contribution in [0.4, 0.5) is 0 Å². The van der Waals surface area contributed by atoms with Crippen LogP contribution in [0.25, 0.3) is 0 Å². The van der Waals surface area contributed by atoms with Gasteiger partial charge in [-0.05, 0) is 30.3 Å². The minimum Gasteiger partial charge on any atom is -0.496 e. The Bertz CT molecular complexity index is 680. The minimum absolute atomic E-state index is 0.284. The molecule has 0 aromatic heterocycles. The molecule has 0 saturated heterocycles. The Morgan fingerprint density at radius 3 is 2.38 bits per heavy atom. The molecular formula is C16H14ClNO3. The predicted octanol–water partition coefficient (Wildman–Crippen LogP) is 3.81. The molecule has 0 aliphatic rings. The largest absolute Gasteiger partial charge is 0.496 e. The predicted molar refractivity (Wildman–Crippen MR) is 80.0 cm³/mol. The molecule has 2 rings (SSSR count). The topological polar surface area (TPSA) is 51.5 Å². The fraction of sp³-hybridized carbons (Fsp3) is 0.188. The van der Waals surface area contributed by atoms with E-state index in [1.54, 1.807) is 43.5 Å². The fourth-order valence-corrected chi connectivity index (χ4v) is 2.07. The number of nitrogens with zero attached hydrogens (tertiary/aromatic N) is 1. The highest BCUT2D eigenvalue weighted by Gasteiger charge is 2.09. The van der Waals surface area contributed by atoms with E-state index in [0.717, 1.165) is 5.56 Å². The smallest absolute Gasteiger partial charge is 0.162 e. The van der Waals surface area contributed by atoms with Crippen molar-refractivity contribution in [1.29, 1.82) is 5.26 Å². The molecule has 2 aromatic carbocycles. The summed E-state index contributed by atoms with van der Waals surface area (Å²) in [4.78, 5) is 0. The van der Waals surface area contributed by atoms with Crippen LogP contribution in [0.2, 0.25) is 5.02 Å². The first-order valence-corrected chi connectivity index (χ1v) is 6.59. The Morgan fingerprint density at radius 2 is 1.71 bits per heavy atom. The van der Waals surface area contributed by atoms with Crippen LogP contribution in [-0.2, 0) is 6.61 Å². The van der Waals surface area contributed by atoms with Gasteiger partial charge in [-0.15, -0.1) is 0 Å². The van der Waals surface area contributed by atoms with Crippen molar-refractivity contribution in [2.24, 2.45) is 0 Å². The van der Waals surface area contributed by atoms with Gasteiger partial charge in [-0.2, -0.15) is 5.26 Å². The van der Waals surface area contributed by atoms with Crippen LogP contribution in [0.1, 0.15) is 11.1 Å². The van der Waals surface area contributed by atoms with Gasteiger partial charge in [0.15, 0.2) is 11.5 Å². The van der Waals surface area contributed by atoms with Crippen LogP contribution in [0.3, 0.4) is 0 Å². The third kappa shape index (κ3) is 3.59. The zero-order valence-electron chi connectivity index (χ0n) is 11.7. The van der Waals surface area contributed by atoms with Gasteiger partial charge in [-0.3, -0.25) is 0 Å². The lowest BCUT2D eigenvalue weighted by Crippen LogP contribution is -2.00. The molecule has 0 heterocycles. The summed E-state index contributed by atoms with van der Waals surface area (Å²) >= 11 is 5.98. The minimum atomic E-state index is 0.284. The Morgan fingerprint density at radius 1 is 1.00 bits per heavy atom. The molecule has 21 heavy (non-hydrogen) atoms. The molecule has 0 radical (unpaired) electrons. The molecule has 0 amide bonds. The van der Waals surface area contributed by atoms with Gasteiger partial charge in [0.2, 0.25) is 0 Å². The normalized spacial score (nSPS) is 9.81. The molecule has 2 aromatic rings. The monoisotopic (exact) mass is 303 g/mol. The van der Waals surface area contributed by atoms with Gasteiger partial charge in [-0.1, -0.05) is 11.6 Å². The van der Waals surface area contributed by atoms with E-state index >= 15 is 0 Å². The second-order valence-corrected chi connectivity index (χ2v) is 4.66. The number of rotatable bonds is 5. The second-order valence-electron chi connectivity index (χ2n) is 4.22. The number of nitriles is 1. The molecule has 0 bridgehead atoms. The molecule has 0 unspecified atom stereocenters. The summed E-state index contributed by atoms with van der Waals surface area (Å²) in [5, 5.41) is 9.49. The zero-order valence-corrected chi connectivity index (χ0v) is 12.5. The first-order valence-electron chi connectivity index (χ1n) is 6.21. The van der Waals surface area contributed by atoms with Gasteiger partial charge in [0.05, 0.1) is 25.9 Å². The Kier molecular flexibility index (Phi) is 4.91. The first-order chi connectivity index (χ1) is 10.2. The van der Waals surface area contributed by atoms with E-state index in [2.05, 4.69) is 6.07 Å². The average Bonchev–Trinajstić information content (AvgIpc) is 2.52. The first kappa shape index (κ1) is 15.0. The van der Waals surface area contributed by atoms with Gasteiger partial charge in [0.25, 0.3) is 0 Å². The van der Waals surface area contributed by atoms with Crippen molar-refractivity contribution in [2.75, 3.05) is 14.2 Å². The van der Waals surface area contributed by atoms with Gasteiger partial charge in [-0.25, -0.2) is 0 Å². The highest BCUT2D eigenvalue weighted by molar-refractivity contribution is 6.30. The number of hydrogen-bond acceptors (Lipinski definition) is 4. The van der Waals surface area contributed by atoms with Gasteiger partial charge < -0.3 is 14.2 Å². The molecule has 5 heteroatoms. The summed E-state index contributed by atoms with van der Waals surface area (Å²) in [5.74, 6) is 1.76. The maximum Gasteiger partial charge on any atom is 0.162 e. The summed E-state index contributed by atoms with van der Waals surface area (Å²) in [6, 6.07) is 12.4. The Hall–Kier alpha value is -2.38. The molecule has 4 nitrogen and oxygen atoms in total. The number of hydrogen-bond donors (Lipinski definition) is 0. The van der Waals surface area contributed by atoms with Crippen molar-refractivity contribution < 1.29 is 14.2 Å². The fourth-order valence-electron chi connectivity index (χ4n) is 1.87. The SMILES string of the molecule is COc1ccc(Cl)cc1COc1ccc(C#N)cc1OC. The highest BCUT2D eigenvalue weighted by atomic mass is 35.5. The van der Waals surface area contributed by atoms with E-state index < -0.39 is 0 Å². The van der Waals surface area contributed by atoms with Crippen molar-refractivity contribution in [3.8, 4) is 23.3 Å². The molecule has 108 valence electrons. The summed E-state index contributed by atoms with van der Waals surface area (Å²) in [7, 11) is 3.12. The lowest BCUT2D eigenvalue weighted by atomic mass is 10.2. The van der Waals surface area contributed by atoms with Crippen molar-refractivity contribution in [2.45, 2.75) is 6.61 Å². The third-order valence-electron chi connectivity index (χ3n) is 2.92. The zero-order chi connectivity index (χ0) is 15.2. The number of methoxy groups -OCH3 is 2. The van der Waals surface area contributed by atoms with E-state index in [1.807, 2.05) is 0 Å². The van der Waals surface area contributed by atoms with E-state index in [4.69, 9.17) is 31.1 Å². The molecule has 0 spiro atoms. The van der Waals surface area contributed by atoms with Crippen molar-refractivity contribution in [1.82, 2.24) is 0 Å². The van der Waals surface area contributed by atoms with Crippen molar-refractivity contribution in [3.63, 3.8) is 0 Å². The summed E-state index contributed by atoms with van der Waals surface area (Å²) < 4.78 is 16.2. The lowest BCUT2D eigenvalue weighted by molar-refractivity contribution is 0.278. The summed E-state index contributed by atoms with van der Waals surface area (Å²) in [6.45, 7) is 0.284. The maximum atomic E-state index is 8.88. The third-order valence-corrected chi connectivity index (χ3v) is 3.15. The molecule has 0 atom stereocenters. The van der Waals surface area contributed by atoms with Crippen molar-refractivity contribution in [3.05, 3.63) is 52.5 Å². The molecule has 0 aliphatic heterocycles. The van der Waals surface area contributed by atoms with E-state index in [-0.39, 0.29) is 6.61 Å². The van der Waals surface area contributed by atoms with Gasteiger partial charge in [0, 0.05) is 16.7 Å². The van der Waals surface area contributed by atoms with Crippen LogP contribution in [0.5, 0.6) is 17.2 Å². The van der Waals surface area contributed by atoms with Crippen LogP contribution in [0, 0.1) is 11.3 Å². The summed E-state index contributed by atoms with van der Waals surface area (Å²) in [6.07, 6.45) is 0. The molecule has 0 aliphatic carbocycles. The second kappa shape index (κ2) is 6.87. The van der Waals surface area contributed by atoms with Crippen LogP contribution in [0.15, 0.2) is 36.4 Å². The van der Waals surface area contributed by atoms with Gasteiger partial charge in [0.1, 0.15) is 12.4 Å². The van der Waals surface area contributed by atoms with E-state index in [9.17, 15) is 0 Å². The Balaban J connectivity index is 2.20. The van der Waals surface area contributed by atoms with Crippen LogP contribution in [-0.4, -0.2) is 14.2 Å². The van der Waals surface area contributed by atoms with Crippen molar-refractivity contribution >= 4 is 11.6 Å². The highest BCUT2D eigenvalue weighted by Crippen LogP contribution is 2.30. The number of benzene rings is 2. The number of ether oxygens (including phenoxy) is 3. The van der Waals surface area contributed by atoms with Crippen LogP contribution >= 0.6 is 11.6 Å². The molecule has 0 saturated carbocycles. The standard InChI is InChI=1S/C16H14ClNO3/c1-19-14-6-4-13(17)8-12(14)10-21-15-5-3-11(9-18)7-16(15)20-2/h3-8H,10H2,1-2H3. The van der Waals surface area contributed by atoms with Gasteiger partial charge >= 0.3 is 0 Å². The average molecular weight is 304 g/mol. The maximum absolute atomic E-state index is 8.88. The van der Waals surface area contributed by atoms with E-state index in [1.165, 1.54) is 7.11 Å². The quantitative estimate of drug-likeness (QED) is 0.843. The van der Waals surface area contributed by atoms with E-state index in [0.29, 0.717) is 27.8 Å². The number of halogens is 1. The lowest BCUT2D eigenvalue weighted by Gasteiger charge is -2.13. The summed E-state index contributed by atoms with van der Waals surface area (Å²) in [5.41, 5.74) is 1.34. The Labute approximate surface area is 128 Å². The molecular weight excluding hydrogens is 290 g/mol. The molecule has 0 N–H and O–H groups in total. The van der Waals surface area contributed by atoms with Crippen LogP contribution < -0.4 is 14.2 Å². The molecule has 0 fully saturated rings.